The van der Waals surface area contributed by atoms with E-state index in [4.69, 9.17) is 0 Å². The molecule has 106 valence electrons. The van der Waals surface area contributed by atoms with E-state index >= 15 is 0 Å². The Labute approximate surface area is 132 Å². The van der Waals surface area contributed by atoms with E-state index in [0.717, 1.165) is 45.3 Å². The van der Waals surface area contributed by atoms with E-state index in [1.807, 2.05) is 12.1 Å². The molecule has 4 nitrogen and oxygen atoms in total. The fourth-order valence-electron chi connectivity index (χ4n) is 1.74. The highest BCUT2D eigenvalue weighted by molar-refractivity contribution is 9.10. The maximum Gasteiger partial charge on any atom is 0.133 e. The summed E-state index contributed by atoms with van der Waals surface area (Å²) in [5, 5.41) is 5.24. The molecule has 0 radical (unpaired) electrons. The molecule has 0 aromatic carbocycles. The maximum absolute atomic E-state index is 4.41. The minimum absolute atomic E-state index is 0.889. The molecule has 0 spiro atoms. The van der Waals surface area contributed by atoms with Crippen molar-refractivity contribution >= 4 is 33.5 Å². The number of hydrogen-bond donors (Lipinski definition) is 1. The zero-order valence-electron chi connectivity index (χ0n) is 11.6. The van der Waals surface area contributed by atoms with Crippen LogP contribution in [0.2, 0.25) is 0 Å². The Morgan fingerprint density at radius 2 is 2.05 bits per heavy atom. The lowest BCUT2D eigenvalue weighted by molar-refractivity contribution is 0.909. The molecule has 20 heavy (non-hydrogen) atoms. The quantitative estimate of drug-likeness (QED) is 0.790. The van der Waals surface area contributed by atoms with Gasteiger partial charge >= 0.3 is 0 Å². The fourth-order valence-corrected chi connectivity index (χ4v) is 3.16. The summed E-state index contributed by atoms with van der Waals surface area (Å²) in [5.41, 5.74) is 1.14. The molecule has 0 aliphatic rings. The van der Waals surface area contributed by atoms with Crippen molar-refractivity contribution in [3.8, 4) is 0 Å². The van der Waals surface area contributed by atoms with Gasteiger partial charge in [-0.15, -0.1) is 0 Å². The Kier molecular flexibility index (Phi) is 5.79. The Morgan fingerprint density at radius 3 is 2.75 bits per heavy atom. The Bertz CT molecular complexity index is 577. The average molecular weight is 353 g/mol. The fraction of sp³-hybridized carbons (Fsp3) is 0.357. The molecule has 0 saturated carbocycles. The lowest BCUT2D eigenvalue weighted by Gasteiger charge is -2.12. The van der Waals surface area contributed by atoms with Gasteiger partial charge in [0, 0.05) is 18.3 Å². The summed E-state index contributed by atoms with van der Waals surface area (Å²) < 4.78 is 0.980. The number of anilines is 1. The summed E-state index contributed by atoms with van der Waals surface area (Å²) in [6.07, 6.45) is 5.35. The van der Waals surface area contributed by atoms with Crippen LogP contribution in [0.3, 0.4) is 0 Å². The highest BCUT2D eigenvalue weighted by atomic mass is 79.9. The maximum atomic E-state index is 4.41. The monoisotopic (exact) mass is 352 g/mol. The molecule has 0 saturated heterocycles. The number of rotatable bonds is 6. The van der Waals surface area contributed by atoms with Crippen molar-refractivity contribution in [2.75, 3.05) is 11.9 Å². The van der Waals surface area contributed by atoms with Crippen molar-refractivity contribution in [1.29, 1.82) is 0 Å². The van der Waals surface area contributed by atoms with Gasteiger partial charge < -0.3 is 5.32 Å². The van der Waals surface area contributed by atoms with Gasteiger partial charge in [-0.3, -0.25) is 0 Å². The van der Waals surface area contributed by atoms with E-state index in [0.29, 0.717) is 0 Å². The minimum atomic E-state index is 0.889. The molecule has 2 heterocycles. The summed E-state index contributed by atoms with van der Waals surface area (Å²) in [7, 11) is 0. The SMILES string of the molecule is CCCNc1ncnc(Sc2ncccc2Br)c1CC. The van der Waals surface area contributed by atoms with E-state index in [1.165, 1.54) is 0 Å². The van der Waals surface area contributed by atoms with Crippen LogP contribution in [0.25, 0.3) is 0 Å². The van der Waals surface area contributed by atoms with Crippen LogP contribution < -0.4 is 5.32 Å². The number of hydrogen-bond acceptors (Lipinski definition) is 5. The van der Waals surface area contributed by atoms with Crippen LogP contribution in [0.5, 0.6) is 0 Å². The molecule has 0 fully saturated rings. The molecule has 1 N–H and O–H groups in total. The molecule has 6 heteroatoms. The molecule has 0 unspecified atom stereocenters. The molecule has 2 aromatic rings. The summed E-state index contributed by atoms with van der Waals surface area (Å²) >= 11 is 5.08. The van der Waals surface area contributed by atoms with Crippen LogP contribution in [0, 0.1) is 0 Å². The molecular weight excluding hydrogens is 336 g/mol. The summed E-state index contributed by atoms with van der Waals surface area (Å²) in [4.78, 5) is 13.1. The summed E-state index contributed by atoms with van der Waals surface area (Å²) in [6.45, 7) is 5.18. The predicted molar refractivity (Wildman–Crippen MR) is 86.3 cm³/mol. The Hall–Kier alpha value is -1.14. The van der Waals surface area contributed by atoms with Crippen molar-refractivity contribution in [2.24, 2.45) is 0 Å². The summed E-state index contributed by atoms with van der Waals surface area (Å²) in [6, 6.07) is 3.89. The Morgan fingerprint density at radius 1 is 1.20 bits per heavy atom. The smallest absolute Gasteiger partial charge is 0.133 e. The third-order valence-electron chi connectivity index (χ3n) is 2.72. The van der Waals surface area contributed by atoms with Crippen LogP contribution >= 0.6 is 27.7 Å². The normalized spacial score (nSPS) is 10.6. The standard InChI is InChI=1S/C14H17BrN4S/c1-3-7-16-12-10(4-2)13(19-9-18-12)20-14-11(15)6-5-8-17-14/h5-6,8-9H,3-4,7H2,1-2H3,(H,16,18,19). The van der Waals surface area contributed by atoms with Gasteiger partial charge in [-0.05, 0) is 52.7 Å². The molecule has 0 atom stereocenters. The first-order chi connectivity index (χ1) is 9.76. The van der Waals surface area contributed by atoms with E-state index in [1.54, 1.807) is 24.3 Å². The number of nitrogens with one attached hydrogen (secondary N) is 1. The zero-order valence-corrected chi connectivity index (χ0v) is 14.0. The van der Waals surface area contributed by atoms with Gasteiger partial charge in [0.25, 0.3) is 0 Å². The number of aromatic nitrogens is 3. The van der Waals surface area contributed by atoms with Crippen LogP contribution in [0.1, 0.15) is 25.8 Å². The van der Waals surface area contributed by atoms with Gasteiger partial charge in [0.2, 0.25) is 0 Å². The second kappa shape index (κ2) is 7.59. The molecule has 0 bridgehead atoms. The van der Waals surface area contributed by atoms with Crippen LogP contribution in [0.4, 0.5) is 5.82 Å². The van der Waals surface area contributed by atoms with Crippen molar-refractivity contribution < 1.29 is 0 Å². The molecule has 0 aliphatic carbocycles. The first-order valence-corrected chi connectivity index (χ1v) is 8.23. The Balaban J connectivity index is 2.29. The lowest BCUT2D eigenvalue weighted by Crippen LogP contribution is -2.07. The van der Waals surface area contributed by atoms with Crippen molar-refractivity contribution in [2.45, 2.75) is 36.7 Å². The van der Waals surface area contributed by atoms with Gasteiger partial charge in [0.15, 0.2) is 0 Å². The van der Waals surface area contributed by atoms with Gasteiger partial charge in [-0.25, -0.2) is 15.0 Å². The first-order valence-electron chi connectivity index (χ1n) is 6.62. The third kappa shape index (κ3) is 3.70. The van der Waals surface area contributed by atoms with Gasteiger partial charge in [0.1, 0.15) is 22.2 Å². The molecule has 0 amide bonds. The van der Waals surface area contributed by atoms with Crippen molar-refractivity contribution in [3.63, 3.8) is 0 Å². The van der Waals surface area contributed by atoms with E-state index in [9.17, 15) is 0 Å². The third-order valence-corrected chi connectivity index (χ3v) is 4.69. The van der Waals surface area contributed by atoms with Crippen molar-refractivity contribution in [1.82, 2.24) is 15.0 Å². The summed E-state index contributed by atoms with van der Waals surface area (Å²) in [5.74, 6) is 0.930. The number of pyridine rings is 1. The highest BCUT2D eigenvalue weighted by Crippen LogP contribution is 2.34. The molecule has 0 aliphatic heterocycles. The first kappa shape index (κ1) is 15.3. The number of nitrogens with zero attached hydrogens (tertiary/aromatic N) is 3. The number of halogens is 1. The lowest BCUT2D eigenvalue weighted by atomic mass is 10.2. The van der Waals surface area contributed by atoms with E-state index in [-0.39, 0.29) is 0 Å². The van der Waals surface area contributed by atoms with Crippen LogP contribution in [0.15, 0.2) is 39.2 Å². The second-order valence-electron chi connectivity index (χ2n) is 4.18. The van der Waals surface area contributed by atoms with Gasteiger partial charge in [-0.1, -0.05) is 13.8 Å². The minimum Gasteiger partial charge on any atom is -0.370 e. The second-order valence-corrected chi connectivity index (χ2v) is 6.01. The zero-order chi connectivity index (χ0) is 14.4. The average Bonchev–Trinajstić information content (AvgIpc) is 2.47. The molecule has 2 rings (SSSR count). The van der Waals surface area contributed by atoms with Gasteiger partial charge in [0.05, 0.1) is 4.47 Å². The topological polar surface area (TPSA) is 50.7 Å². The molecule has 2 aromatic heterocycles. The van der Waals surface area contributed by atoms with Gasteiger partial charge in [-0.2, -0.15) is 0 Å². The van der Waals surface area contributed by atoms with E-state index in [2.05, 4.69) is 50.0 Å². The van der Waals surface area contributed by atoms with Crippen LogP contribution in [-0.4, -0.2) is 21.5 Å². The van der Waals surface area contributed by atoms with Crippen molar-refractivity contribution in [3.05, 3.63) is 34.7 Å². The van der Waals surface area contributed by atoms with E-state index < -0.39 is 0 Å². The van der Waals surface area contributed by atoms with Crippen LogP contribution in [-0.2, 0) is 6.42 Å². The molecular formula is C14H17BrN4S. The largest absolute Gasteiger partial charge is 0.370 e. The predicted octanol–water partition coefficient (Wildman–Crippen LogP) is 4.17. The highest BCUT2D eigenvalue weighted by Gasteiger charge is 2.12.